The van der Waals surface area contributed by atoms with Crippen molar-refractivity contribution in [2.75, 3.05) is 43.1 Å². The molecule has 1 atom stereocenters. The van der Waals surface area contributed by atoms with Crippen LogP contribution in [-0.2, 0) is 9.84 Å². The van der Waals surface area contributed by atoms with Gasteiger partial charge in [-0.15, -0.1) is 0 Å². The van der Waals surface area contributed by atoms with Gasteiger partial charge in [-0.05, 0) is 31.4 Å². The highest BCUT2D eigenvalue weighted by atomic mass is 32.2. The van der Waals surface area contributed by atoms with Crippen LogP contribution in [-0.4, -0.2) is 56.2 Å². The molecule has 0 amide bonds. The van der Waals surface area contributed by atoms with Gasteiger partial charge in [0.15, 0.2) is 15.7 Å². The quantitative estimate of drug-likeness (QED) is 0.879. The number of aromatic nitrogens is 1. The van der Waals surface area contributed by atoms with Crippen molar-refractivity contribution in [2.24, 2.45) is 0 Å². The van der Waals surface area contributed by atoms with Crippen molar-refractivity contribution < 1.29 is 8.42 Å². The molecule has 2 heterocycles. The fraction of sp³-hybridized carbons (Fsp3) is 0.769. The Morgan fingerprint density at radius 2 is 2.10 bits per heavy atom. The first kappa shape index (κ1) is 16.5. The second-order valence-corrected chi connectivity index (χ2v) is 8.31. The number of hydrogen-bond acceptors (Lipinski definition) is 7. The van der Waals surface area contributed by atoms with E-state index >= 15 is 0 Å². The molecule has 0 aliphatic carbocycles. The minimum atomic E-state index is -3.35. The van der Waals surface area contributed by atoms with Crippen molar-refractivity contribution in [3.05, 3.63) is 0 Å². The topological polar surface area (TPSA) is 79.5 Å². The molecule has 1 aromatic rings. The fourth-order valence-electron chi connectivity index (χ4n) is 2.72. The summed E-state index contributed by atoms with van der Waals surface area (Å²) in [5.41, 5.74) is 5.84. The average Bonchev–Trinajstić information content (AvgIpc) is 2.82. The monoisotopic (exact) mass is 332 g/mol. The summed E-state index contributed by atoms with van der Waals surface area (Å²) in [4.78, 5) is 4.69. The first-order chi connectivity index (χ1) is 9.90. The standard InChI is InChI=1S/C13H24N4O2S2/c1-4-8-21(18,19)11-12(14)15-20-13(11)17-7-6-16(3)10(5-2)9-17/h10H,4-9H2,1-3H3,(H2,14,15). The summed E-state index contributed by atoms with van der Waals surface area (Å²) in [6.45, 7) is 6.56. The van der Waals surface area contributed by atoms with Crippen LogP contribution in [0.4, 0.5) is 10.8 Å². The van der Waals surface area contributed by atoms with E-state index in [1.54, 1.807) is 0 Å². The Balaban J connectivity index is 2.33. The van der Waals surface area contributed by atoms with Crippen LogP contribution in [0.1, 0.15) is 26.7 Å². The Kier molecular flexibility index (Phi) is 5.11. The lowest BCUT2D eigenvalue weighted by Gasteiger charge is -2.39. The van der Waals surface area contributed by atoms with Crippen molar-refractivity contribution in [3.8, 4) is 0 Å². The zero-order valence-electron chi connectivity index (χ0n) is 12.9. The predicted octanol–water partition coefficient (Wildman–Crippen LogP) is 1.44. The van der Waals surface area contributed by atoms with Gasteiger partial charge in [-0.25, -0.2) is 8.42 Å². The molecule has 6 nitrogen and oxygen atoms in total. The molecule has 0 radical (unpaired) electrons. The molecule has 0 saturated carbocycles. The largest absolute Gasteiger partial charge is 0.382 e. The maximum Gasteiger partial charge on any atom is 0.185 e. The highest BCUT2D eigenvalue weighted by molar-refractivity contribution is 7.91. The summed E-state index contributed by atoms with van der Waals surface area (Å²) >= 11 is 1.20. The van der Waals surface area contributed by atoms with E-state index in [4.69, 9.17) is 5.73 Å². The van der Waals surface area contributed by atoms with E-state index in [1.165, 1.54) is 11.5 Å². The van der Waals surface area contributed by atoms with Gasteiger partial charge in [0.05, 0.1) is 5.75 Å². The lowest BCUT2D eigenvalue weighted by atomic mass is 10.1. The van der Waals surface area contributed by atoms with E-state index in [2.05, 4.69) is 28.1 Å². The van der Waals surface area contributed by atoms with E-state index in [1.807, 2.05) is 6.92 Å². The molecule has 1 aliphatic rings. The maximum absolute atomic E-state index is 12.4. The van der Waals surface area contributed by atoms with Crippen LogP contribution in [0.2, 0.25) is 0 Å². The highest BCUT2D eigenvalue weighted by Gasteiger charge is 2.31. The molecule has 1 aliphatic heterocycles. The number of rotatable bonds is 5. The maximum atomic E-state index is 12.4. The Morgan fingerprint density at radius 1 is 1.38 bits per heavy atom. The second-order valence-electron chi connectivity index (χ2n) is 5.51. The molecule has 0 bridgehead atoms. The Bertz CT molecular complexity index is 585. The van der Waals surface area contributed by atoms with E-state index < -0.39 is 9.84 Å². The van der Waals surface area contributed by atoms with Crippen LogP contribution >= 0.6 is 11.5 Å². The van der Waals surface area contributed by atoms with E-state index in [-0.39, 0.29) is 16.5 Å². The molecule has 2 N–H and O–H groups in total. The van der Waals surface area contributed by atoms with Gasteiger partial charge >= 0.3 is 0 Å². The van der Waals surface area contributed by atoms with Crippen LogP contribution in [0.3, 0.4) is 0 Å². The van der Waals surface area contributed by atoms with Crippen LogP contribution in [0.25, 0.3) is 0 Å². The van der Waals surface area contributed by atoms with Crippen molar-refractivity contribution >= 4 is 32.2 Å². The Labute approximate surface area is 131 Å². The molecular formula is C13H24N4O2S2. The molecule has 120 valence electrons. The van der Waals surface area contributed by atoms with Crippen LogP contribution < -0.4 is 10.6 Å². The third-order valence-corrected chi connectivity index (χ3v) is 7.00. The minimum absolute atomic E-state index is 0.119. The predicted molar refractivity (Wildman–Crippen MR) is 87.8 cm³/mol. The molecule has 0 aromatic carbocycles. The van der Waals surface area contributed by atoms with Gasteiger partial charge in [0.1, 0.15) is 9.90 Å². The summed E-state index contributed by atoms with van der Waals surface area (Å²) in [6, 6.07) is 0.434. The zero-order valence-corrected chi connectivity index (χ0v) is 14.5. The third kappa shape index (κ3) is 3.32. The highest BCUT2D eigenvalue weighted by Crippen LogP contribution is 2.36. The molecule has 1 fully saturated rings. The van der Waals surface area contributed by atoms with Crippen molar-refractivity contribution in [2.45, 2.75) is 37.6 Å². The number of anilines is 2. The molecule has 8 heteroatoms. The number of sulfone groups is 1. The van der Waals surface area contributed by atoms with Gasteiger partial charge in [-0.3, -0.25) is 4.90 Å². The number of nitrogens with two attached hydrogens (primary N) is 1. The molecule has 1 unspecified atom stereocenters. The van der Waals surface area contributed by atoms with Gasteiger partial charge < -0.3 is 10.6 Å². The van der Waals surface area contributed by atoms with Gasteiger partial charge in [0.2, 0.25) is 0 Å². The fourth-order valence-corrected chi connectivity index (χ4v) is 5.52. The Morgan fingerprint density at radius 3 is 2.71 bits per heavy atom. The van der Waals surface area contributed by atoms with E-state index in [0.717, 1.165) is 26.1 Å². The first-order valence-corrected chi connectivity index (χ1v) is 9.76. The molecule has 21 heavy (non-hydrogen) atoms. The lowest BCUT2D eigenvalue weighted by molar-refractivity contribution is 0.213. The zero-order chi connectivity index (χ0) is 15.6. The number of nitrogens with zero attached hydrogens (tertiary/aromatic N) is 3. The molecular weight excluding hydrogens is 308 g/mol. The number of piperazine rings is 1. The number of hydrogen-bond donors (Lipinski definition) is 1. The van der Waals surface area contributed by atoms with Gasteiger partial charge in [0, 0.05) is 25.7 Å². The molecule has 0 spiro atoms. The summed E-state index contributed by atoms with van der Waals surface area (Å²) in [5, 5.41) is 0.715. The van der Waals surface area contributed by atoms with Crippen LogP contribution in [0, 0.1) is 0 Å². The third-order valence-electron chi connectivity index (χ3n) is 3.98. The normalized spacial score (nSPS) is 20.9. The summed E-state index contributed by atoms with van der Waals surface area (Å²) in [6.07, 6.45) is 1.62. The number of nitrogen functional groups attached to an aromatic ring is 1. The van der Waals surface area contributed by atoms with Crippen molar-refractivity contribution in [1.29, 1.82) is 0 Å². The van der Waals surface area contributed by atoms with Gasteiger partial charge in [-0.2, -0.15) is 4.37 Å². The van der Waals surface area contributed by atoms with Crippen LogP contribution in [0.15, 0.2) is 4.90 Å². The van der Waals surface area contributed by atoms with E-state index in [9.17, 15) is 8.42 Å². The SMILES string of the molecule is CCCS(=O)(=O)c1c(N)nsc1N1CCN(C)C(CC)C1. The smallest absolute Gasteiger partial charge is 0.185 e. The molecule has 2 rings (SSSR count). The van der Waals surface area contributed by atoms with Gasteiger partial charge in [0.25, 0.3) is 0 Å². The van der Waals surface area contributed by atoms with E-state index in [0.29, 0.717) is 17.5 Å². The minimum Gasteiger partial charge on any atom is -0.382 e. The Hall–Kier alpha value is -0.860. The average molecular weight is 332 g/mol. The van der Waals surface area contributed by atoms with Crippen LogP contribution in [0.5, 0.6) is 0 Å². The number of likely N-dealkylation sites (N-methyl/N-ethyl adjacent to an activating group) is 1. The second kappa shape index (κ2) is 6.50. The van der Waals surface area contributed by atoms with Crippen molar-refractivity contribution in [1.82, 2.24) is 9.27 Å². The lowest BCUT2D eigenvalue weighted by Crippen LogP contribution is -2.51. The van der Waals surface area contributed by atoms with Gasteiger partial charge in [-0.1, -0.05) is 13.8 Å². The molecule has 1 saturated heterocycles. The first-order valence-electron chi connectivity index (χ1n) is 7.33. The van der Waals surface area contributed by atoms with Crippen molar-refractivity contribution in [3.63, 3.8) is 0 Å². The summed E-state index contributed by atoms with van der Waals surface area (Å²) in [5.74, 6) is 0.267. The summed E-state index contributed by atoms with van der Waals surface area (Å²) < 4.78 is 29.0. The summed E-state index contributed by atoms with van der Waals surface area (Å²) in [7, 11) is -1.24. The molecule has 1 aromatic heterocycles.